The number of carboxylic acids is 1. The van der Waals surface area contributed by atoms with Gasteiger partial charge in [0, 0.05) is 17.5 Å². The Hall–Kier alpha value is -3.97. The van der Waals surface area contributed by atoms with Crippen molar-refractivity contribution in [2.24, 2.45) is 0 Å². The van der Waals surface area contributed by atoms with E-state index in [2.05, 4.69) is 45.0 Å². The van der Waals surface area contributed by atoms with Crippen molar-refractivity contribution in [2.75, 3.05) is 24.7 Å². The van der Waals surface area contributed by atoms with Gasteiger partial charge in [0.1, 0.15) is 0 Å². The highest BCUT2D eigenvalue weighted by Crippen LogP contribution is 2.27. The fourth-order valence-corrected chi connectivity index (χ4v) is 4.80. The van der Waals surface area contributed by atoms with Crippen LogP contribution in [0.15, 0.2) is 71.8 Å². The summed E-state index contributed by atoms with van der Waals surface area (Å²) in [5, 5.41) is 18.5. The average molecular weight is 562 g/mol. The SMILES string of the molecule is CS(=O)(=O)c1ccc(-c2ccc3cnc(Nc4ccc(C5CCNCC5)cc4)nn23)cc1.O=C(O)C(F)(F)F. The number of hydrogen-bond donors (Lipinski definition) is 3. The summed E-state index contributed by atoms with van der Waals surface area (Å²) in [6.07, 6.45) is 0.244. The number of nitrogens with zero attached hydrogens (tertiary/aromatic N) is 3. The van der Waals surface area contributed by atoms with E-state index in [0.29, 0.717) is 16.8 Å². The smallest absolute Gasteiger partial charge is 0.475 e. The highest BCUT2D eigenvalue weighted by molar-refractivity contribution is 7.90. The van der Waals surface area contributed by atoms with Gasteiger partial charge in [0.25, 0.3) is 0 Å². The molecular formula is C26H26F3N5O4S. The molecule has 4 aromatic rings. The van der Waals surface area contributed by atoms with Gasteiger partial charge in [0.2, 0.25) is 5.95 Å². The maximum Gasteiger partial charge on any atom is 0.490 e. The summed E-state index contributed by atoms with van der Waals surface area (Å²) in [4.78, 5) is 13.6. The fraction of sp³-hybridized carbons (Fsp3) is 0.269. The number of piperidine rings is 1. The van der Waals surface area contributed by atoms with E-state index in [1.807, 2.05) is 16.6 Å². The molecule has 0 atom stereocenters. The van der Waals surface area contributed by atoms with E-state index in [1.165, 1.54) is 24.7 Å². The predicted octanol–water partition coefficient (Wildman–Crippen LogP) is 4.64. The van der Waals surface area contributed by atoms with Crippen LogP contribution in [-0.4, -0.2) is 59.6 Å². The average Bonchev–Trinajstić information content (AvgIpc) is 3.32. The number of rotatable bonds is 5. The number of carbonyl (C=O) groups is 1. The van der Waals surface area contributed by atoms with Crippen molar-refractivity contribution in [3.05, 3.63) is 72.4 Å². The molecule has 0 spiro atoms. The Morgan fingerprint density at radius 3 is 2.21 bits per heavy atom. The van der Waals surface area contributed by atoms with Crippen molar-refractivity contribution < 1.29 is 31.5 Å². The zero-order valence-corrected chi connectivity index (χ0v) is 21.6. The first-order valence-electron chi connectivity index (χ1n) is 11.9. The Kier molecular flexibility index (Phi) is 8.21. The molecule has 0 bridgehead atoms. The van der Waals surface area contributed by atoms with Crippen LogP contribution in [0.2, 0.25) is 0 Å². The molecule has 1 aliphatic rings. The van der Waals surface area contributed by atoms with Crippen LogP contribution >= 0.6 is 0 Å². The Morgan fingerprint density at radius 1 is 1.03 bits per heavy atom. The maximum atomic E-state index is 11.7. The van der Waals surface area contributed by atoms with Gasteiger partial charge in [-0.2, -0.15) is 13.2 Å². The third kappa shape index (κ3) is 7.12. The molecule has 1 fully saturated rings. The van der Waals surface area contributed by atoms with Crippen molar-refractivity contribution in [3.8, 4) is 11.3 Å². The molecular weight excluding hydrogens is 535 g/mol. The summed E-state index contributed by atoms with van der Waals surface area (Å²) in [7, 11) is -3.23. The monoisotopic (exact) mass is 561 g/mol. The number of aliphatic carboxylic acids is 1. The number of halogens is 3. The topological polar surface area (TPSA) is 126 Å². The summed E-state index contributed by atoms with van der Waals surface area (Å²) in [6, 6.07) is 19.2. The lowest BCUT2D eigenvalue weighted by Crippen LogP contribution is -2.26. The molecule has 3 heterocycles. The van der Waals surface area contributed by atoms with Crippen LogP contribution < -0.4 is 10.6 Å². The summed E-state index contributed by atoms with van der Waals surface area (Å²) in [6.45, 7) is 2.16. The molecule has 0 aliphatic carbocycles. The van der Waals surface area contributed by atoms with Crippen LogP contribution in [0.4, 0.5) is 24.8 Å². The molecule has 0 amide bonds. The van der Waals surface area contributed by atoms with Crippen LogP contribution in [0.5, 0.6) is 0 Å². The lowest BCUT2D eigenvalue weighted by atomic mass is 9.90. The zero-order valence-electron chi connectivity index (χ0n) is 20.8. The molecule has 0 unspecified atom stereocenters. The van der Waals surface area contributed by atoms with Crippen molar-refractivity contribution in [1.29, 1.82) is 0 Å². The second-order valence-electron chi connectivity index (χ2n) is 9.01. The summed E-state index contributed by atoms with van der Waals surface area (Å²) >= 11 is 0. The first-order chi connectivity index (χ1) is 18.4. The van der Waals surface area contributed by atoms with E-state index >= 15 is 0 Å². The van der Waals surface area contributed by atoms with E-state index in [9.17, 15) is 21.6 Å². The third-order valence-corrected chi connectivity index (χ3v) is 7.33. The molecule has 1 saturated heterocycles. The normalized spacial score (nSPS) is 14.5. The molecule has 13 heteroatoms. The zero-order chi connectivity index (χ0) is 28.2. The number of aromatic nitrogens is 3. The van der Waals surface area contributed by atoms with Crippen LogP contribution in [0.1, 0.15) is 24.3 Å². The number of carboxylic acid groups (broad SMARTS) is 1. The first kappa shape index (κ1) is 28.0. The molecule has 39 heavy (non-hydrogen) atoms. The molecule has 0 saturated carbocycles. The molecule has 9 nitrogen and oxygen atoms in total. The molecule has 2 aromatic heterocycles. The number of anilines is 2. The Bertz CT molecular complexity index is 1550. The molecule has 206 valence electrons. The fourth-order valence-electron chi connectivity index (χ4n) is 4.17. The minimum absolute atomic E-state index is 0.298. The van der Waals surface area contributed by atoms with E-state index in [1.54, 1.807) is 30.5 Å². The van der Waals surface area contributed by atoms with Crippen LogP contribution in [0.3, 0.4) is 0 Å². The second-order valence-corrected chi connectivity index (χ2v) is 11.0. The van der Waals surface area contributed by atoms with Crippen LogP contribution in [0.25, 0.3) is 16.8 Å². The first-order valence-corrected chi connectivity index (χ1v) is 13.8. The highest BCUT2D eigenvalue weighted by atomic mass is 32.2. The van der Waals surface area contributed by atoms with Gasteiger partial charge in [-0.25, -0.2) is 22.7 Å². The minimum Gasteiger partial charge on any atom is -0.475 e. The van der Waals surface area contributed by atoms with Gasteiger partial charge < -0.3 is 15.7 Å². The largest absolute Gasteiger partial charge is 0.490 e. The number of fused-ring (bicyclic) bond motifs is 1. The van der Waals surface area contributed by atoms with E-state index in [-0.39, 0.29) is 0 Å². The Morgan fingerprint density at radius 2 is 1.64 bits per heavy atom. The summed E-state index contributed by atoms with van der Waals surface area (Å²) in [5.41, 5.74) is 4.92. The number of sulfone groups is 1. The van der Waals surface area contributed by atoms with Gasteiger partial charge in [-0.05, 0) is 73.8 Å². The maximum absolute atomic E-state index is 11.7. The third-order valence-electron chi connectivity index (χ3n) is 6.20. The number of hydrogen-bond acceptors (Lipinski definition) is 7. The predicted molar refractivity (Wildman–Crippen MR) is 140 cm³/mol. The quantitative estimate of drug-likeness (QED) is 0.322. The number of benzene rings is 2. The van der Waals surface area contributed by atoms with Crippen molar-refractivity contribution in [2.45, 2.75) is 29.8 Å². The Labute approximate surface area is 222 Å². The second kappa shape index (κ2) is 11.4. The standard InChI is InChI=1S/C24H25N5O2S.C2HF3O2/c1-32(30,31)22-9-4-19(5-10-22)23-11-8-21-16-26-24(28-29(21)23)27-20-6-2-17(3-7-20)18-12-14-25-15-13-18;3-2(4,5)1(6)7/h2-11,16,18,25H,12-15H2,1H3,(H,27,28);(H,6,7). The van der Waals surface area contributed by atoms with Gasteiger partial charge in [-0.3, -0.25) is 0 Å². The molecule has 2 aromatic carbocycles. The van der Waals surface area contributed by atoms with Gasteiger partial charge in [0.05, 0.1) is 22.3 Å². The van der Waals surface area contributed by atoms with Crippen LogP contribution in [0, 0.1) is 0 Å². The number of alkyl halides is 3. The lowest BCUT2D eigenvalue weighted by Gasteiger charge is -2.23. The summed E-state index contributed by atoms with van der Waals surface area (Å²) < 4.78 is 57.0. The van der Waals surface area contributed by atoms with E-state index < -0.39 is 22.0 Å². The minimum atomic E-state index is -5.08. The van der Waals surface area contributed by atoms with Gasteiger partial charge in [-0.1, -0.05) is 24.3 Å². The number of nitrogens with one attached hydrogen (secondary N) is 2. The van der Waals surface area contributed by atoms with Gasteiger partial charge in [0.15, 0.2) is 9.84 Å². The summed E-state index contributed by atoms with van der Waals surface area (Å²) in [5.74, 6) is -1.64. The van der Waals surface area contributed by atoms with E-state index in [4.69, 9.17) is 9.90 Å². The lowest BCUT2D eigenvalue weighted by molar-refractivity contribution is -0.192. The van der Waals surface area contributed by atoms with E-state index in [0.717, 1.165) is 35.6 Å². The Balaban J connectivity index is 0.000000448. The van der Waals surface area contributed by atoms with Crippen molar-refractivity contribution in [3.63, 3.8) is 0 Å². The molecule has 1 aliphatic heterocycles. The van der Waals surface area contributed by atoms with Crippen molar-refractivity contribution in [1.82, 2.24) is 19.9 Å². The van der Waals surface area contributed by atoms with Crippen LogP contribution in [-0.2, 0) is 14.6 Å². The van der Waals surface area contributed by atoms with Gasteiger partial charge >= 0.3 is 12.1 Å². The molecule has 0 radical (unpaired) electrons. The van der Waals surface area contributed by atoms with Crippen molar-refractivity contribution >= 4 is 33.0 Å². The van der Waals surface area contributed by atoms with Gasteiger partial charge in [-0.15, -0.1) is 5.10 Å². The highest BCUT2D eigenvalue weighted by Gasteiger charge is 2.38. The molecule has 5 rings (SSSR count). The molecule has 3 N–H and O–H groups in total.